The lowest BCUT2D eigenvalue weighted by Crippen LogP contribution is -2.30. The van der Waals surface area contributed by atoms with Crippen molar-refractivity contribution >= 4 is 17.6 Å². The second-order valence-electron chi connectivity index (χ2n) is 5.76. The minimum Gasteiger partial charge on any atom is -0.449 e. The fourth-order valence-electron chi connectivity index (χ4n) is 2.31. The number of esters is 1. The highest BCUT2D eigenvalue weighted by molar-refractivity contribution is 5.97. The molecule has 0 aliphatic rings. The molecule has 1 unspecified atom stereocenters. The van der Waals surface area contributed by atoms with Gasteiger partial charge in [0.2, 0.25) is 0 Å². The zero-order valence-corrected chi connectivity index (χ0v) is 14.5. The second kappa shape index (κ2) is 7.95. The van der Waals surface area contributed by atoms with Gasteiger partial charge in [0.1, 0.15) is 0 Å². The highest BCUT2D eigenvalue weighted by atomic mass is 19.2. The molecule has 0 radical (unpaired) electrons. The van der Waals surface area contributed by atoms with Crippen molar-refractivity contribution in [1.29, 1.82) is 0 Å². The number of amides is 1. The van der Waals surface area contributed by atoms with E-state index in [1.54, 1.807) is 35.3 Å². The number of nitrogens with zero attached hydrogens (tertiary/aromatic N) is 2. The van der Waals surface area contributed by atoms with Crippen LogP contribution in [0.1, 0.15) is 17.3 Å². The van der Waals surface area contributed by atoms with Gasteiger partial charge in [-0.2, -0.15) is 5.10 Å². The summed E-state index contributed by atoms with van der Waals surface area (Å²) >= 11 is 0. The number of hydrogen-bond acceptors (Lipinski definition) is 4. The quantitative estimate of drug-likeness (QED) is 0.536. The molecule has 0 bridgehead atoms. The average molecular weight is 389 g/mol. The lowest BCUT2D eigenvalue weighted by atomic mass is 10.2. The van der Waals surface area contributed by atoms with Gasteiger partial charge >= 0.3 is 5.97 Å². The Morgan fingerprint density at radius 2 is 1.79 bits per heavy atom. The molecule has 1 amide bonds. The molecule has 3 aromatic rings. The Hall–Kier alpha value is -3.62. The molecule has 0 aliphatic heterocycles. The molecule has 1 atom stereocenters. The number of anilines is 1. The summed E-state index contributed by atoms with van der Waals surface area (Å²) in [6.45, 7) is 1.27. The maximum Gasteiger partial charge on any atom is 0.338 e. The minimum absolute atomic E-state index is 0.189. The van der Waals surface area contributed by atoms with Crippen LogP contribution in [0.3, 0.4) is 0 Å². The van der Waals surface area contributed by atoms with Crippen LogP contribution < -0.4 is 5.32 Å². The van der Waals surface area contributed by atoms with E-state index in [0.29, 0.717) is 6.07 Å². The Morgan fingerprint density at radius 1 is 1.07 bits per heavy atom. The zero-order chi connectivity index (χ0) is 20.3. The van der Waals surface area contributed by atoms with Crippen LogP contribution in [0.4, 0.5) is 18.9 Å². The summed E-state index contributed by atoms with van der Waals surface area (Å²) in [5, 5.41) is 6.11. The Bertz CT molecular complexity index is 1010. The molecule has 3 rings (SSSR count). The average Bonchev–Trinajstić information content (AvgIpc) is 3.23. The summed E-state index contributed by atoms with van der Waals surface area (Å²) in [5.41, 5.74) is 0.353. The van der Waals surface area contributed by atoms with Gasteiger partial charge < -0.3 is 10.1 Å². The predicted molar refractivity (Wildman–Crippen MR) is 93.4 cm³/mol. The summed E-state index contributed by atoms with van der Waals surface area (Å²) in [6, 6.07) is 9.58. The molecular formula is C19H14F3N3O3. The second-order valence-corrected chi connectivity index (χ2v) is 5.76. The molecule has 28 heavy (non-hydrogen) atoms. The Kier molecular flexibility index (Phi) is 5.44. The normalized spacial score (nSPS) is 11.7. The number of carbonyl (C=O) groups is 2. The molecule has 6 nitrogen and oxygen atoms in total. The molecule has 0 spiro atoms. The maximum absolute atomic E-state index is 13.6. The standard InChI is InChI=1S/C19H14F3N3O3/c1-11(18(26)24-15-8-7-14(20)16(21)17(15)22)28-19(27)12-3-5-13(6-4-12)25-10-2-9-23-25/h2-11H,1H3,(H,24,26). The number of halogens is 3. The van der Waals surface area contributed by atoms with Crippen molar-refractivity contribution in [2.75, 3.05) is 5.32 Å². The van der Waals surface area contributed by atoms with E-state index in [1.165, 1.54) is 19.1 Å². The molecule has 0 saturated heterocycles. The van der Waals surface area contributed by atoms with E-state index in [9.17, 15) is 22.8 Å². The number of aromatic nitrogens is 2. The van der Waals surface area contributed by atoms with Gasteiger partial charge in [-0.15, -0.1) is 0 Å². The van der Waals surface area contributed by atoms with Crippen molar-refractivity contribution in [3.05, 3.63) is 77.9 Å². The molecule has 9 heteroatoms. The van der Waals surface area contributed by atoms with Gasteiger partial charge in [-0.05, 0) is 49.4 Å². The Morgan fingerprint density at radius 3 is 2.43 bits per heavy atom. The summed E-state index contributed by atoms with van der Waals surface area (Å²) < 4.78 is 46.4. The van der Waals surface area contributed by atoms with Gasteiger partial charge in [0.15, 0.2) is 23.6 Å². The van der Waals surface area contributed by atoms with Gasteiger partial charge in [-0.1, -0.05) is 0 Å². The molecule has 1 heterocycles. The molecule has 1 N–H and O–H groups in total. The van der Waals surface area contributed by atoms with Gasteiger partial charge in [0.25, 0.3) is 5.91 Å². The first-order valence-corrected chi connectivity index (χ1v) is 8.12. The van der Waals surface area contributed by atoms with E-state index >= 15 is 0 Å². The van der Waals surface area contributed by atoms with E-state index in [0.717, 1.165) is 11.8 Å². The largest absolute Gasteiger partial charge is 0.449 e. The van der Waals surface area contributed by atoms with Crippen molar-refractivity contribution in [3.63, 3.8) is 0 Å². The van der Waals surface area contributed by atoms with Crippen LogP contribution in [0.15, 0.2) is 54.9 Å². The van der Waals surface area contributed by atoms with E-state index in [4.69, 9.17) is 4.74 Å². The summed E-state index contributed by atoms with van der Waals surface area (Å²) in [6.07, 6.45) is 2.04. The molecule has 0 fully saturated rings. The van der Waals surface area contributed by atoms with Crippen LogP contribution in [-0.4, -0.2) is 27.8 Å². The van der Waals surface area contributed by atoms with Crippen molar-refractivity contribution in [1.82, 2.24) is 9.78 Å². The monoisotopic (exact) mass is 389 g/mol. The Labute approximate surface area is 157 Å². The topological polar surface area (TPSA) is 73.2 Å². The van der Waals surface area contributed by atoms with Crippen LogP contribution in [0, 0.1) is 17.5 Å². The lowest BCUT2D eigenvalue weighted by Gasteiger charge is -2.14. The number of ether oxygens (including phenoxy) is 1. The van der Waals surface area contributed by atoms with E-state index in [1.807, 2.05) is 0 Å². The van der Waals surface area contributed by atoms with Crippen LogP contribution in [0.2, 0.25) is 0 Å². The van der Waals surface area contributed by atoms with Crippen molar-refractivity contribution < 1.29 is 27.5 Å². The van der Waals surface area contributed by atoms with Crippen molar-refractivity contribution in [2.24, 2.45) is 0 Å². The smallest absolute Gasteiger partial charge is 0.338 e. The number of carbonyl (C=O) groups excluding carboxylic acids is 2. The van der Waals surface area contributed by atoms with Gasteiger partial charge in [0, 0.05) is 12.4 Å². The molecule has 0 saturated carbocycles. The van der Waals surface area contributed by atoms with Crippen LogP contribution >= 0.6 is 0 Å². The highest BCUT2D eigenvalue weighted by Gasteiger charge is 2.22. The summed E-state index contributed by atoms with van der Waals surface area (Å²) in [7, 11) is 0. The van der Waals surface area contributed by atoms with Gasteiger partial charge in [-0.25, -0.2) is 22.6 Å². The van der Waals surface area contributed by atoms with Crippen molar-refractivity contribution in [3.8, 4) is 5.69 Å². The fraction of sp³-hybridized carbons (Fsp3) is 0.105. The SMILES string of the molecule is CC(OC(=O)c1ccc(-n2cccn2)cc1)C(=O)Nc1ccc(F)c(F)c1F. The van der Waals surface area contributed by atoms with Gasteiger partial charge in [-0.3, -0.25) is 4.79 Å². The van der Waals surface area contributed by atoms with E-state index < -0.39 is 41.1 Å². The molecule has 1 aromatic heterocycles. The number of nitrogens with one attached hydrogen (secondary N) is 1. The molecule has 144 valence electrons. The molecular weight excluding hydrogens is 375 g/mol. The third kappa shape index (κ3) is 4.03. The Balaban J connectivity index is 1.63. The molecule has 0 aliphatic carbocycles. The maximum atomic E-state index is 13.6. The van der Waals surface area contributed by atoms with E-state index in [2.05, 4.69) is 10.4 Å². The zero-order valence-electron chi connectivity index (χ0n) is 14.5. The number of rotatable bonds is 5. The summed E-state index contributed by atoms with van der Waals surface area (Å²) in [5.74, 6) is -6.30. The minimum atomic E-state index is -1.71. The number of benzene rings is 2. The van der Waals surface area contributed by atoms with E-state index in [-0.39, 0.29) is 5.56 Å². The summed E-state index contributed by atoms with van der Waals surface area (Å²) in [4.78, 5) is 24.2. The van der Waals surface area contributed by atoms with Crippen LogP contribution in [-0.2, 0) is 9.53 Å². The van der Waals surface area contributed by atoms with Crippen molar-refractivity contribution in [2.45, 2.75) is 13.0 Å². The van der Waals surface area contributed by atoms with Gasteiger partial charge in [0.05, 0.1) is 16.9 Å². The fourth-order valence-corrected chi connectivity index (χ4v) is 2.31. The lowest BCUT2D eigenvalue weighted by molar-refractivity contribution is -0.123. The highest BCUT2D eigenvalue weighted by Crippen LogP contribution is 2.20. The predicted octanol–water partition coefficient (Wildman–Crippen LogP) is 3.47. The number of hydrogen-bond donors (Lipinski definition) is 1. The van der Waals surface area contributed by atoms with Crippen LogP contribution in [0.5, 0.6) is 0 Å². The first-order chi connectivity index (χ1) is 13.4. The first kappa shape index (κ1) is 19.2. The third-order valence-corrected chi connectivity index (χ3v) is 3.82. The van der Waals surface area contributed by atoms with Crippen LogP contribution in [0.25, 0.3) is 5.69 Å². The third-order valence-electron chi connectivity index (χ3n) is 3.82. The molecule has 2 aromatic carbocycles. The first-order valence-electron chi connectivity index (χ1n) is 8.12.